The molecule has 0 heterocycles. The van der Waals surface area contributed by atoms with E-state index in [9.17, 15) is 0 Å². The lowest BCUT2D eigenvalue weighted by atomic mass is 10.2. The molecule has 0 spiro atoms. The van der Waals surface area contributed by atoms with Gasteiger partial charge in [0.2, 0.25) is 5.75 Å². The van der Waals surface area contributed by atoms with Crippen LogP contribution in [0.5, 0.6) is 17.2 Å². The van der Waals surface area contributed by atoms with E-state index in [4.69, 9.17) is 42.5 Å². The van der Waals surface area contributed by atoms with E-state index >= 15 is 0 Å². The Hall–Kier alpha value is -1.10. The molecule has 0 saturated heterocycles. The van der Waals surface area contributed by atoms with Gasteiger partial charge in [0, 0.05) is 5.54 Å². The van der Waals surface area contributed by atoms with Crippen molar-refractivity contribution in [1.82, 2.24) is 0 Å². The molecule has 1 aromatic carbocycles. The molecule has 0 aliphatic rings. The van der Waals surface area contributed by atoms with Crippen LogP contribution in [0.1, 0.15) is 5.56 Å². The number of benzene rings is 1. The minimum absolute atomic E-state index is 0.107. The third-order valence-corrected chi connectivity index (χ3v) is 2.77. The van der Waals surface area contributed by atoms with Crippen LogP contribution < -0.4 is 14.2 Å². The van der Waals surface area contributed by atoms with E-state index in [1.54, 1.807) is 12.1 Å². The topological polar surface area (TPSA) is 47.9 Å². The van der Waals surface area contributed by atoms with Gasteiger partial charge in [-0.1, -0.05) is 23.2 Å². The Bertz CT molecular complexity index is 407. The highest BCUT2D eigenvalue weighted by molar-refractivity contribution is 6.36. The summed E-state index contributed by atoms with van der Waals surface area (Å²) in [5.41, 5.74) is 1.89. The fourth-order valence-corrected chi connectivity index (χ4v) is 1.46. The van der Waals surface area contributed by atoms with E-state index in [1.807, 2.05) is 0 Å². The van der Waals surface area contributed by atoms with Gasteiger partial charge in [0.15, 0.2) is 11.5 Å². The van der Waals surface area contributed by atoms with E-state index < -0.39 is 0 Å². The molecule has 0 saturated carbocycles. The number of aliphatic hydroxyl groups is 1. The number of aliphatic hydroxyl groups excluding tert-OH is 1. The quantitative estimate of drug-likeness (QED) is 0.876. The molecule has 4 nitrogen and oxygen atoms in total. The summed E-state index contributed by atoms with van der Waals surface area (Å²) in [5.74, 6) is 1.32. The van der Waals surface area contributed by atoms with Crippen molar-refractivity contribution in [3.63, 3.8) is 0 Å². The van der Waals surface area contributed by atoms with Crippen LogP contribution in [0.25, 0.3) is 0 Å². The van der Waals surface area contributed by atoms with Crippen LogP contribution in [0.4, 0.5) is 0 Å². The molecule has 0 aliphatic carbocycles. The van der Waals surface area contributed by atoms with Crippen LogP contribution in [0.15, 0.2) is 22.7 Å². The van der Waals surface area contributed by atoms with Crippen molar-refractivity contribution in [2.24, 2.45) is 0 Å². The maximum atomic E-state index is 9.13. The second-order valence-electron chi connectivity index (χ2n) is 3.33. The molecule has 1 N–H and O–H groups in total. The predicted octanol–water partition coefficient (Wildman–Crippen LogP) is 2.89. The van der Waals surface area contributed by atoms with Crippen molar-refractivity contribution in [1.29, 1.82) is 0 Å². The normalized spacial score (nSPS) is 11.3. The fraction of sp³-hybridized carbons (Fsp3) is 0.333. The summed E-state index contributed by atoms with van der Waals surface area (Å²) in [6, 6.07) is 3.33. The van der Waals surface area contributed by atoms with Crippen LogP contribution in [0.3, 0.4) is 0 Å². The molecule has 0 radical (unpaired) electrons. The minimum Gasteiger partial charge on any atom is -0.493 e. The molecule has 0 fully saturated rings. The van der Waals surface area contributed by atoms with Gasteiger partial charge >= 0.3 is 0 Å². The molecule has 1 rings (SSSR count). The third-order valence-electron chi connectivity index (χ3n) is 2.18. The van der Waals surface area contributed by atoms with Gasteiger partial charge in [0.25, 0.3) is 0 Å². The van der Waals surface area contributed by atoms with E-state index in [0.717, 1.165) is 0 Å². The summed E-state index contributed by atoms with van der Waals surface area (Å²) in [6.45, 7) is -0.00835. The first-order valence-electron chi connectivity index (χ1n) is 5.09. The first kappa shape index (κ1) is 15.0. The maximum absolute atomic E-state index is 9.13. The van der Waals surface area contributed by atoms with Crippen LogP contribution in [0.2, 0.25) is 0 Å². The number of methoxy groups -OCH3 is 2. The average molecular weight is 293 g/mol. The molecule has 18 heavy (non-hydrogen) atoms. The first-order valence-corrected chi connectivity index (χ1v) is 5.91. The van der Waals surface area contributed by atoms with Gasteiger partial charge in [0.1, 0.15) is 6.61 Å². The lowest BCUT2D eigenvalue weighted by molar-refractivity contribution is 0.275. The Kier molecular flexibility index (Phi) is 6.12. The highest BCUT2D eigenvalue weighted by atomic mass is 35.5. The number of hydrogen-bond donors (Lipinski definition) is 1. The SMILES string of the molecule is COc1cc(CO)cc(OC)c1OCC(Cl)=CCl. The molecule has 6 heteroatoms. The molecule has 0 aliphatic heterocycles. The molecule has 0 bridgehead atoms. The van der Waals surface area contributed by atoms with Crippen LogP contribution in [-0.2, 0) is 6.61 Å². The van der Waals surface area contributed by atoms with Crippen molar-refractivity contribution in [2.45, 2.75) is 6.61 Å². The second kappa shape index (κ2) is 7.36. The second-order valence-corrected chi connectivity index (χ2v) is 4.04. The molecule has 1 aromatic rings. The lowest BCUT2D eigenvalue weighted by Crippen LogP contribution is -2.02. The van der Waals surface area contributed by atoms with Gasteiger partial charge in [0.05, 0.1) is 25.9 Å². The zero-order valence-corrected chi connectivity index (χ0v) is 11.6. The smallest absolute Gasteiger partial charge is 0.203 e. The largest absolute Gasteiger partial charge is 0.493 e. The monoisotopic (exact) mass is 292 g/mol. The summed E-state index contributed by atoms with van der Waals surface area (Å²) in [7, 11) is 3.00. The Morgan fingerprint density at radius 2 is 1.83 bits per heavy atom. The molecule has 0 atom stereocenters. The summed E-state index contributed by atoms with van der Waals surface area (Å²) in [4.78, 5) is 0. The van der Waals surface area contributed by atoms with Gasteiger partial charge in [-0.15, -0.1) is 0 Å². The average Bonchev–Trinajstić information content (AvgIpc) is 2.43. The first-order chi connectivity index (χ1) is 8.65. The Morgan fingerprint density at radius 3 is 2.22 bits per heavy atom. The molecular formula is C12H14Cl2O4. The third kappa shape index (κ3) is 3.70. The fourth-order valence-electron chi connectivity index (χ4n) is 1.34. The van der Waals surface area contributed by atoms with E-state index in [2.05, 4.69) is 0 Å². The van der Waals surface area contributed by atoms with Gasteiger partial charge in [-0.05, 0) is 17.7 Å². The number of ether oxygens (including phenoxy) is 3. The number of halogens is 2. The summed E-state index contributed by atoms with van der Waals surface area (Å²) < 4.78 is 15.9. The summed E-state index contributed by atoms with van der Waals surface area (Å²) in [5, 5.41) is 9.48. The van der Waals surface area contributed by atoms with Crippen molar-refractivity contribution in [3.8, 4) is 17.2 Å². The van der Waals surface area contributed by atoms with Gasteiger partial charge in [-0.2, -0.15) is 0 Å². The Labute approximate surface area is 116 Å². The van der Waals surface area contributed by atoms with Crippen molar-refractivity contribution in [2.75, 3.05) is 20.8 Å². The van der Waals surface area contributed by atoms with E-state index in [-0.39, 0.29) is 13.2 Å². The lowest BCUT2D eigenvalue weighted by Gasteiger charge is -2.15. The molecule has 0 amide bonds. The van der Waals surface area contributed by atoms with Crippen LogP contribution in [0, 0.1) is 0 Å². The van der Waals surface area contributed by atoms with E-state index in [1.165, 1.54) is 19.8 Å². The van der Waals surface area contributed by atoms with Crippen molar-refractivity contribution >= 4 is 23.2 Å². The van der Waals surface area contributed by atoms with Crippen LogP contribution in [-0.4, -0.2) is 25.9 Å². The highest BCUT2D eigenvalue weighted by Gasteiger charge is 2.14. The molecule has 0 unspecified atom stereocenters. The summed E-state index contributed by atoms with van der Waals surface area (Å²) in [6.07, 6.45) is 0. The van der Waals surface area contributed by atoms with E-state index in [0.29, 0.717) is 27.8 Å². The van der Waals surface area contributed by atoms with Crippen molar-refractivity contribution < 1.29 is 19.3 Å². The standard InChI is InChI=1S/C12H14Cl2O4/c1-16-10-3-8(6-15)4-11(17-2)12(10)18-7-9(14)5-13/h3-5,15H,6-7H2,1-2H3. The number of hydrogen-bond acceptors (Lipinski definition) is 4. The predicted molar refractivity (Wildman–Crippen MR) is 70.8 cm³/mol. The van der Waals surface area contributed by atoms with Crippen molar-refractivity contribution in [3.05, 3.63) is 28.3 Å². The zero-order valence-electron chi connectivity index (χ0n) is 10.1. The Balaban J connectivity index is 3.06. The molecular weight excluding hydrogens is 279 g/mol. The van der Waals surface area contributed by atoms with Gasteiger partial charge in [-0.25, -0.2) is 0 Å². The van der Waals surface area contributed by atoms with Crippen LogP contribution >= 0.6 is 23.2 Å². The van der Waals surface area contributed by atoms with Gasteiger partial charge in [-0.3, -0.25) is 0 Å². The molecule has 100 valence electrons. The number of rotatable bonds is 6. The maximum Gasteiger partial charge on any atom is 0.203 e. The Morgan fingerprint density at radius 1 is 1.28 bits per heavy atom. The molecule has 0 aromatic heterocycles. The summed E-state index contributed by atoms with van der Waals surface area (Å²) >= 11 is 11.2. The highest BCUT2D eigenvalue weighted by Crippen LogP contribution is 2.38. The van der Waals surface area contributed by atoms with Gasteiger partial charge < -0.3 is 19.3 Å². The zero-order chi connectivity index (χ0) is 13.5. The minimum atomic E-state index is -0.116.